The Kier molecular flexibility index (Phi) is 2.50. The summed E-state index contributed by atoms with van der Waals surface area (Å²) in [5.41, 5.74) is 1.57. The van der Waals surface area contributed by atoms with Gasteiger partial charge in [-0.1, -0.05) is 23.2 Å². The van der Waals surface area contributed by atoms with Gasteiger partial charge in [-0.15, -0.1) is 0 Å². The predicted octanol–water partition coefficient (Wildman–Crippen LogP) is 3.70. The lowest BCUT2D eigenvalue weighted by molar-refractivity contribution is 1.11. The van der Waals surface area contributed by atoms with Crippen LogP contribution >= 0.6 is 23.2 Å². The maximum Gasteiger partial charge on any atom is 0.234 e. The van der Waals surface area contributed by atoms with Gasteiger partial charge >= 0.3 is 0 Å². The lowest BCUT2D eigenvalue weighted by Crippen LogP contribution is -1.83. The highest BCUT2D eigenvalue weighted by Gasteiger charge is 2.09. The molecule has 0 saturated carbocycles. The van der Waals surface area contributed by atoms with Gasteiger partial charge in [0, 0.05) is 29.2 Å². The Hall–Kier alpha value is -1.58. The second kappa shape index (κ2) is 4.02. The van der Waals surface area contributed by atoms with Crippen LogP contribution in [0.1, 0.15) is 0 Å². The zero-order valence-corrected chi connectivity index (χ0v) is 10.2. The van der Waals surface area contributed by atoms with Crippen molar-refractivity contribution in [1.29, 1.82) is 0 Å². The van der Waals surface area contributed by atoms with Crippen LogP contribution in [-0.4, -0.2) is 14.4 Å². The SMILES string of the molecule is Clc1ccc(Cl)c(-c2cn3cccnc3n2)c1. The molecule has 0 saturated heterocycles. The maximum atomic E-state index is 6.13. The van der Waals surface area contributed by atoms with Crippen molar-refractivity contribution in [2.45, 2.75) is 0 Å². The van der Waals surface area contributed by atoms with E-state index in [0.29, 0.717) is 15.8 Å². The molecule has 2 heterocycles. The van der Waals surface area contributed by atoms with Crippen molar-refractivity contribution >= 4 is 29.0 Å². The Morgan fingerprint density at radius 3 is 2.88 bits per heavy atom. The number of halogens is 2. The van der Waals surface area contributed by atoms with Crippen LogP contribution in [0.3, 0.4) is 0 Å². The number of hydrogen-bond acceptors (Lipinski definition) is 2. The van der Waals surface area contributed by atoms with Crippen LogP contribution in [0, 0.1) is 0 Å². The van der Waals surface area contributed by atoms with Gasteiger partial charge in [-0.25, -0.2) is 9.97 Å². The molecule has 17 heavy (non-hydrogen) atoms. The molecule has 3 rings (SSSR count). The average Bonchev–Trinajstić information content (AvgIpc) is 2.75. The molecule has 84 valence electrons. The molecule has 0 bridgehead atoms. The summed E-state index contributed by atoms with van der Waals surface area (Å²) < 4.78 is 1.84. The van der Waals surface area contributed by atoms with Gasteiger partial charge < -0.3 is 0 Å². The van der Waals surface area contributed by atoms with Crippen molar-refractivity contribution in [1.82, 2.24) is 14.4 Å². The first-order valence-corrected chi connectivity index (χ1v) is 5.75. The lowest BCUT2D eigenvalue weighted by atomic mass is 10.2. The summed E-state index contributed by atoms with van der Waals surface area (Å²) in [6, 6.07) is 7.15. The minimum absolute atomic E-state index is 0.623. The van der Waals surface area contributed by atoms with Crippen molar-refractivity contribution < 1.29 is 0 Å². The van der Waals surface area contributed by atoms with Crippen molar-refractivity contribution in [2.24, 2.45) is 0 Å². The third kappa shape index (κ3) is 1.88. The highest BCUT2D eigenvalue weighted by molar-refractivity contribution is 6.35. The first-order valence-electron chi connectivity index (χ1n) is 4.99. The lowest BCUT2D eigenvalue weighted by Gasteiger charge is -2.00. The van der Waals surface area contributed by atoms with Gasteiger partial charge in [-0.3, -0.25) is 4.40 Å². The van der Waals surface area contributed by atoms with E-state index >= 15 is 0 Å². The van der Waals surface area contributed by atoms with E-state index in [0.717, 1.165) is 11.3 Å². The van der Waals surface area contributed by atoms with Gasteiger partial charge in [-0.2, -0.15) is 0 Å². The molecule has 0 fully saturated rings. The van der Waals surface area contributed by atoms with E-state index in [2.05, 4.69) is 9.97 Å². The minimum atomic E-state index is 0.623. The van der Waals surface area contributed by atoms with Gasteiger partial charge in [-0.05, 0) is 24.3 Å². The number of aromatic nitrogens is 3. The summed E-state index contributed by atoms with van der Waals surface area (Å²) in [4.78, 5) is 8.55. The predicted molar refractivity (Wildman–Crippen MR) is 68.4 cm³/mol. The normalized spacial score (nSPS) is 10.9. The molecule has 0 radical (unpaired) electrons. The molecular weight excluding hydrogens is 257 g/mol. The van der Waals surface area contributed by atoms with Gasteiger partial charge in [0.25, 0.3) is 0 Å². The summed E-state index contributed by atoms with van der Waals surface area (Å²) in [7, 11) is 0. The molecule has 0 atom stereocenters. The first kappa shape index (κ1) is 10.6. The molecule has 0 N–H and O–H groups in total. The molecule has 3 aromatic rings. The Morgan fingerprint density at radius 1 is 1.18 bits per heavy atom. The number of fused-ring (bicyclic) bond motifs is 1. The smallest absolute Gasteiger partial charge is 0.234 e. The fraction of sp³-hybridized carbons (Fsp3) is 0. The van der Waals surface area contributed by atoms with Crippen molar-refractivity contribution in [3.8, 4) is 11.3 Å². The third-order valence-electron chi connectivity index (χ3n) is 2.44. The number of benzene rings is 1. The summed E-state index contributed by atoms with van der Waals surface area (Å²) in [5.74, 6) is 0.638. The Morgan fingerprint density at radius 2 is 2.06 bits per heavy atom. The maximum absolute atomic E-state index is 6.13. The quantitative estimate of drug-likeness (QED) is 0.670. The van der Waals surface area contributed by atoms with Crippen LogP contribution < -0.4 is 0 Å². The number of nitrogens with zero attached hydrogens (tertiary/aromatic N) is 3. The Bertz CT molecular complexity index is 658. The topological polar surface area (TPSA) is 30.2 Å². The largest absolute Gasteiger partial charge is 0.291 e. The van der Waals surface area contributed by atoms with Crippen LogP contribution in [0.2, 0.25) is 10.0 Å². The molecule has 0 aliphatic rings. The molecule has 2 aromatic heterocycles. The minimum Gasteiger partial charge on any atom is -0.291 e. The van der Waals surface area contributed by atoms with Gasteiger partial charge in [0.1, 0.15) is 0 Å². The van der Waals surface area contributed by atoms with E-state index < -0.39 is 0 Å². The zero-order chi connectivity index (χ0) is 11.8. The first-order chi connectivity index (χ1) is 8.24. The average molecular weight is 264 g/mol. The molecule has 0 spiro atoms. The highest BCUT2D eigenvalue weighted by Crippen LogP contribution is 2.29. The number of imidazole rings is 1. The molecule has 0 unspecified atom stereocenters. The highest BCUT2D eigenvalue weighted by atomic mass is 35.5. The Labute approximate surface area is 108 Å². The van der Waals surface area contributed by atoms with E-state index in [9.17, 15) is 0 Å². The van der Waals surface area contributed by atoms with Gasteiger partial charge in [0.15, 0.2) is 0 Å². The van der Waals surface area contributed by atoms with E-state index in [1.807, 2.05) is 22.9 Å². The van der Waals surface area contributed by atoms with Gasteiger partial charge in [0.05, 0.1) is 10.7 Å². The Balaban J connectivity index is 2.23. The summed E-state index contributed by atoms with van der Waals surface area (Å²) in [5, 5.41) is 1.26. The van der Waals surface area contributed by atoms with Crippen LogP contribution in [0.5, 0.6) is 0 Å². The van der Waals surface area contributed by atoms with Crippen LogP contribution in [-0.2, 0) is 0 Å². The summed E-state index contributed by atoms with van der Waals surface area (Å²) in [6.45, 7) is 0. The standard InChI is InChI=1S/C12H7Cl2N3/c13-8-2-3-10(14)9(6-8)11-7-17-5-1-4-15-12(17)16-11/h1-7H. The van der Waals surface area contributed by atoms with Crippen LogP contribution in [0.25, 0.3) is 17.0 Å². The van der Waals surface area contributed by atoms with E-state index in [1.54, 1.807) is 24.4 Å². The molecule has 5 heteroatoms. The molecule has 3 nitrogen and oxygen atoms in total. The second-order valence-electron chi connectivity index (χ2n) is 3.58. The summed E-state index contributed by atoms with van der Waals surface area (Å²) >= 11 is 12.1. The number of hydrogen-bond donors (Lipinski definition) is 0. The van der Waals surface area contributed by atoms with E-state index in [1.165, 1.54) is 0 Å². The molecular formula is C12H7Cl2N3. The number of rotatable bonds is 1. The van der Waals surface area contributed by atoms with Crippen LogP contribution in [0.4, 0.5) is 0 Å². The van der Waals surface area contributed by atoms with Crippen LogP contribution in [0.15, 0.2) is 42.9 Å². The van der Waals surface area contributed by atoms with Crippen molar-refractivity contribution in [3.05, 3.63) is 52.9 Å². The summed E-state index contributed by atoms with van der Waals surface area (Å²) in [6.07, 6.45) is 5.46. The fourth-order valence-electron chi connectivity index (χ4n) is 1.65. The molecule has 0 aliphatic heterocycles. The molecule has 0 aliphatic carbocycles. The zero-order valence-electron chi connectivity index (χ0n) is 8.64. The van der Waals surface area contributed by atoms with E-state index in [4.69, 9.17) is 23.2 Å². The fourth-order valence-corrected chi connectivity index (χ4v) is 2.04. The van der Waals surface area contributed by atoms with Gasteiger partial charge in [0.2, 0.25) is 5.78 Å². The van der Waals surface area contributed by atoms with Crippen molar-refractivity contribution in [3.63, 3.8) is 0 Å². The molecule has 0 amide bonds. The molecule has 1 aromatic carbocycles. The second-order valence-corrected chi connectivity index (χ2v) is 4.42. The monoisotopic (exact) mass is 263 g/mol. The third-order valence-corrected chi connectivity index (χ3v) is 3.00. The van der Waals surface area contributed by atoms with Crippen molar-refractivity contribution in [2.75, 3.05) is 0 Å². The van der Waals surface area contributed by atoms with E-state index in [-0.39, 0.29) is 0 Å².